The van der Waals surface area contributed by atoms with E-state index in [4.69, 9.17) is 12.2 Å². The summed E-state index contributed by atoms with van der Waals surface area (Å²) in [6.45, 7) is 9.63. The Morgan fingerprint density at radius 2 is 1.96 bits per heavy atom. The van der Waals surface area contributed by atoms with E-state index in [2.05, 4.69) is 5.32 Å². The molecule has 1 unspecified atom stereocenters. The molecular weight excluding hydrogens is 368 g/mol. The summed E-state index contributed by atoms with van der Waals surface area (Å²) in [5, 5.41) is 12.6. The molecule has 2 fully saturated rings. The molecule has 26 heavy (non-hydrogen) atoms. The Balaban J connectivity index is 1.81. The molecule has 1 amide bonds. The van der Waals surface area contributed by atoms with Crippen LogP contribution in [0, 0.1) is 6.92 Å². The highest BCUT2D eigenvalue weighted by Crippen LogP contribution is 2.54. The second-order valence-corrected chi connectivity index (χ2v) is 9.97. The van der Waals surface area contributed by atoms with Crippen molar-refractivity contribution in [2.75, 3.05) is 0 Å². The van der Waals surface area contributed by atoms with Crippen molar-refractivity contribution < 1.29 is 14.7 Å². The van der Waals surface area contributed by atoms with Gasteiger partial charge in [0.1, 0.15) is 17.0 Å². The first kappa shape index (κ1) is 19.2. The molecule has 3 rings (SSSR count). The Morgan fingerprint density at radius 3 is 2.54 bits per heavy atom. The minimum absolute atomic E-state index is 0.0282. The van der Waals surface area contributed by atoms with Crippen LogP contribution in [-0.2, 0) is 9.59 Å². The van der Waals surface area contributed by atoms with Crippen molar-refractivity contribution in [3.63, 3.8) is 0 Å². The topological polar surface area (TPSA) is 69.6 Å². The summed E-state index contributed by atoms with van der Waals surface area (Å²) in [4.78, 5) is 26.6. The molecule has 140 valence electrons. The van der Waals surface area contributed by atoms with Crippen LogP contribution in [0.1, 0.15) is 44.7 Å². The number of hydrogen-bond acceptors (Lipinski definition) is 4. The molecule has 0 aliphatic carbocycles. The maximum Gasteiger partial charge on any atom is 0.327 e. The van der Waals surface area contributed by atoms with E-state index in [1.165, 1.54) is 16.7 Å². The summed E-state index contributed by atoms with van der Waals surface area (Å²) >= 11 is 7.13. The van der Waals surface area contributed by atoms with Gasteiger partial charge in [0, 0.05) is 10.7 Å². The van der Waals surface area contributed by atoms with Crippen molar-refractivity contribution in [2.45, 2.75) is 62.2 Å². The van der Waals surface area contributed by atoms with Gasteiger partial charge in [-0.1, -0.05) is 43.4 Å². The lowest BCUT2D eigenvalue weighted by molar-refractivity contribution is -0.165. The molecule has 7 heteroatoms. The molecule has 2 aliphatic rings. The van der Waals surface area contributed by atoms with Gasteiger partial charge in [-0.2, -0.15) is 0 Å². The summed E-state index contributed by atoms with van der Waals surface area (Å²) < 4.78 is -0.547. The van der Waals surface area contributed by atoms with Gasteiger partial charge in [0.15, 0.2) is 0 Å². The molecule has 0 aromatic heterocycles. The highest BCUT2D eigenvalue weighted by molar-refractivity contribution is 8.01. The minimum atomic E-state index is -0.962. The number of nitrogens with zero attached hydrogens (tertiary/aromatic N) is 1. The van der Waals surface area contributed by atoms with E-state index >= 15 is 0 Å². The molecule has 0 spiro atoms. The molecule has 0 radical (unpaired) electrons. The molecule has 5 nitrogen and oxygen atoms in total. The number of carboxylic acids is 1. The Morgan fingerprint density at radius 1 is 1.35 bits per heavy atom. The third-order valence-electron chi connectivity index (χ3n) is 5.44. The van der Waals surface area contributed by atoms with Crippen molar-refractivity contribution >= 4 is 40.8 Å². The molecule has 0 saturated carbocycles. The molecule has 4 atom stereocenters. The fourth-order valence-corrected chi connectivity index (χ4v) is 5.90. The number of nitrogens with one attached hydrogen (secondary N) is 1. The van der Waals surface area contributed by atoms with Crippen LogP contribution in [0.4, 0.5) is 0 Å². The van der Waals surface area contributed by atoms with Gasteiger partial charge in [-0.3, -0.25) is 4.79 Å². The van der Waals surface area contributed by atoms with E-state index in [1.807, 2.05) is 58.9 Å². The molecule has 2 heterocycles. The van der Waals surface area contributed by atoms with Gasteiger partial charge in [0.25, 0.3) is 5.91 Å². The number of amides is 1. The van der Waals surface area contributed by atoms with Crippen molar-refractivity contribution in [2.24, 2.45) is 0 Å². The molecule has 2 N–H and O–H groups in total. The van der Waals surface area contributed by atoms with Crippen LogP contribution in [0.15, 0.2) is 24.3 Å². The zero-order chi connectivity index (χ0) is 19.4. The third-order valence-corrected chi connectivity index (χ3v) is 7.65. The zero-order valence-electron chi connectivity index (χ0n) is 15.6. The summed E-state index contributed by atoms with van der Waals surface area (Å²) in [6, 6.07) is 7.23. The van der Waals surface area contributed by atoms with Gasteiger partial charge < -0.3 is 15.3 Å². The van der Waals surface area contributed by atoms with Crippen molar-refractivity contribution in [3.8, 4) is 0 Å². The van der Waals surface area contributed by atoms with E-state index in [1.54, 1.807) is 0 Å². The van der Waals surface area contributed by atoms with Gasteiger partial charge in [-0.05, 0) is 38.8 Å². The number of aryl methyl sites for hydroxylation is 1. The van der Waals surface area contributed by atoms with E-state index in [-0.39, 0.29) is 17.2 Å². The molecular formula is C19H24N2O3S2. The van der Waals surface area contributed by atoms with Crippen LogP contribution in [0.25, 0.3) is 0 Å². The smallest absolute Gasteiger partial charge is 0.327 e. The summed E-state index contributed by atoms with van der Waals surface area (Å²) in [5.74, 6) is -1.19. The monoisotopic (exact) mass is 392 g/mol. The van der Waals surface area contributed by atoms with Crippen LogP contribution >= 0.6 is 24.0 Å². The number of aliphatic carboxylic acids is 1. The molecule has 1 aromatic carbocycles. The van der Waals surface area contributed by atoms with Crippen molar-refractivity contribution in [1.29, 1.82) is 0 Å². The van der Waals surface area contributed by atoms with Gasteiger partial charge in [0.05, 0.1) is 4.99 Å². The quantitative estimate of drug-likeness (QED) is 0.607. The Kier molecular flexibility index (Phi) is 4.60. The number of rotatable bonds is 4. The van der Waals surface area contributed by atoms with Crippen molar-refractivity contribution in [1.82, 2.24) is 10.2 Å². The predicted molar refractivity (Wildman–Crippen MR) is 107 cm³/mol. The number of benzene rings is 1. The highest BCUT2D eigenvalue weighted by Gasteiger charge is 2.69. The normalized spacial score (nSPS) is 30.3. The van der Waals surface area contributed by atoms with Gasteiger partial charge in [0.2, 0.25) is 0 Å². The number of carbonyl (C=O) groups excluding carboxylic acids is 1. The summed E-state index contributed by atoms with van der Waals surface area (Å²) in [5.41, 5.74) is 1.40. The highest BCUT2D eigenvalue weighted by atomic mass is 32.2. The number of β-lactam (4-membered cyclic amide) rings is 1. The first-order chi connectivity index (χ1) is 12.0. The van der Waals surface area contributed by atoms with Crippen LogP contribution in [0.3, 0.4) is 0 Å². The molecule has 1 aromatic rings. The zero-order valence-corrected chi connectivity index (χ0v) is 17.2. The number of thiocarbonyl (C=S) groups is 1. The lowest BCUT2D eigenvalue weighted by Crippen LogP contribution is -2.78. The van der Waals surface area contributed by atoms with Gasteiger partial charge >= 0.3 is 5.97 Å². The van der Waals surface area contributed by atoms with Crippen LogP contribution in [-0.4, -0.2) is 48.6 Å². The average Bonchev–Trinajstić information content (AvgIpc) is 2.84. The number of hydrogen-bond donors (Lipinski definition) is 2. The minimum Gasteiger partial charge on any atom is -0.480 e. The lowest BCUT2D eigenvalue weighted by atomic mass is 9.85. The first-order valence-electron chi connectivity index (χ1n) is 8.61. The Hall–Kier alpha value is -1.60. The number of fused-ring (bicyclic) bond motifs is 1. The maximum atomic E-state index is 12.9. The average molecular weight is 393 g/mol. The second-order valence-electron chi connectivity index (χ2n) is 7.80. The maximum absolute atomic E-state index is 12.9. The number of carbonyl (C=O) groups is 2. The lowest BCUT2D eigenvalue weighted by Gasteiger charge is -2.52. The first-order valence-corrected chi connectivity index (χ1v) is 9.90. The Labute approximate surface area is 163 Å². The van der Waals surface area contributed by atoms with E-state index in [0.717, 1.165) is 11.1 Å². The SMILES string of the molecule is Cc1ccccc1C(C)C(=S)N[C@@]1(C)C(=O)N2[C@@H](C(=O)O)C(C)(C)S[C@@H]21. The van der Waals surface area contributed by atoms with E-state index in [9.17, 15) is 14.7 Å². The van der Waals surface area contributed by atoms with Crippen LogP contribution in [0.5, 0.6) is 0 Å². The second kappa shape index (κ2) is 6.23. The predicted octanol–water partition coefficient (Wildman–Crippen LogP) is 2.92. The molecule has 2 saturated heterocycles. The Bertz CT molecular complexity index is 795. The van der Waals surface area contributed by atoms with E-state index < -0.39 is 22.3 Å². The van der Waals surface area contributed by atoms with Gasteiger partial charge in [-0.15, -0.1) is 11.8 Å². The summed E-state index contributed by atoms with van der Waals surface area (Å²) in [7, 11) is 0. The molecule has 0 bridgehead atoms. The fourth-order valence-electron chi connectivity index (χ4n) is 3.92. The van der Waals surface area contributed by atoms with Crippen LogP contribution < -0.4 is 5.32 Å². The number of thioether (sulfide) groups is 1. The molecule has 2 aliphatic heterocycles. The standard InChI is InChI=1S/C19H24N2O3S2/c1-10-8-6-7-9-12(10)11(2)14(25)20-19(5)16(24)21-13(15(22)23)18(3,4)26-17(19)21/h6-9,11,13,17H,1-5H3,(H,20,25)(H,22,23)/t11?,13-,17+,19-/m0/s1. The largest absolute Gasteiger partial charge is 0.480 e. The van der Waals surface area contributed by atoms with Gasteiger partial charge in [-0.25, -0.2) is 4.79 Å². The third kappa shape index (κ3) is 2.72. The van der Waals surface area contributed by atoms with Crippen molar-refractivity contribution in [3.05, 3.63) is 35.4 Å². The van der Waals surface area contributed by atoms with E-state index in [0.29, 0.717) is 4.99 Å². The summed E-state index contributed by atoms with van der Waals surface area (Å²) in [6.07, 6.45) is 0. The van der Waals surface area contributed by atoms with Crippen LogP contribution in [0.2, 0.25) is 0 Å². The number of carboxylic acid groups (broad SMARTS) is 1. The fraction of sp³-hybridized carbons (Fsp3) is 0.526.